The highest BCUT2D eigenvalue weighted by Crippen LogP contribution is 2.18. The molecule has 0 aliphatic carbocycles. The summed E-state index contributed by atoms with van der Waals surface area (Å²) in [7, 11) is 0. The summed E-state index contributed by atoms with van der Waals surface area (Å²) in [5.74, 6) is -0.148. The maximum Gasteiger partial charge on any atom is 0.259 e. The van der Waals surface area contributed by atoms with Gasteiger partial charge in [-0.15, -0.1) is 0 Å². The average molecular weight is 283 g/mol. The van der Waals surface area contributed by atoms with E-state index in [1.807, 2.05) is 31.2 Å². The van der Waals surface area contributed by atoms with Gasteiger partial charge in [0.2, 0.25) is 0 Å². The molecule has 4 nitrogen and oxygen atoms in total. The fourth-order valence-electron chi connectivity index (χ4n) is 2.01. The standard InChI is InChI=1S/C17H21N3O/c1-4-8-19-16-7-9-18-11-15(16)17(21)20-14-6-5-12(2)13(3)10-14/h5-7,9-11H,4,8H2,1-3H3,(H,18,19)(H,20,21). The number of nitrogens with zero attached hydrogens (tertiary/aromatic N) is 1. The lowest BCUT2D eigenvalue weighted by Crippen LogP contribution is -2.15. The molecule has 110 valence electrons. The van der Waals surface area contributed by atoms with Crippen LogP contribution in [0.25, 0.3) is 0 Å². The Kier molecular flexibility index (Phi) is 4.93. The van der Waals surface area contributed by atoms with Crippen LogP contribution in [0.1, 0.15) is 34.8 Å². The van der Waals surface area contributed by atoms with E-state index in [4.69, 9.17) is 0 Å². The van der Waals surface area contributed by atoms with Crippen molar-refractivity contribution in [3.8, 4) is 0 Å². The van der Waals surface area contributed by atoms with Gasteiger partial charge in [-0.1, -0.05) is 13.0 Å². The van der Waals surface area contributed by atoms with E-state index < -0.39 is 0 Å². The largest absolute Gasteiger partial charge is 0.384 e. The predicted molar refractivity (Wildman–Crippen MR) is 86.9 cm³/mol. The number of anilines is 2. The molecule has 0 saturated heterocycles. The van der Waals surface area contributed by atoms with Gasteiger partial charge >= 0.3 is 0 Å². The van der Waals surface area contributed by atoms with E-state index in [9.17, 15) is 4.79 Å². The number of hydrogen-bond donors (Lipinski definition) is 2. The SMILES string of the molecule is CCCNc1ccncc1C(=O)Nc1ccc(C)c(C)c1. The molecule has 1 amide bonds. The second kappa shape index (κ2) is 6.88. The van der Waals surface area contributed by atoms with Crippen LogP contribution < -0.4 is 10.6 Å². The fourth-order valence-corrected chi connectivity index (χ4v) is 2.01. The molecule has 1 aromatic heterocycles. The van der Waals surface area contributed by atoms with Crippen LogP contribution in [0.4, 0.5) is 11.4 Å². The number of carbonyl (C=O) groups is 1. The van der Waals surface area contributed by atoms with Crippen molar-refractivity contribution in [3.63, 3.8) is 0 Å². The lowest BCUT2D eigenvalue weighted by molar-refractivity contribution is 0.102. The molecule has 0 atom stereocenters. The molecule has 1 heterocycles. The Labute approximate surface area is 125 Å². The second-order valence-electron chi connectivity index (χ2n) is 5.10. The fraction of sp³-hybridized carbons (Fsp3) is 0.294. The predicted octanol–water partition coefficient (Wildman–Crippen LogP) is 3.77. The zero-order valence-electron chi connectivity index (χ0n) is 12.7. The Balaban J connectivity index is 2.18. The van der Waals surface area contributed by atoms with Crippen LogP contribution in [-0.2, 0) is 0 Å². The summed E-state index contributed by atoms with van der Waals surface area (Å²) in [6.07, 6.45) is 4.28. The van der Waals surface area contributed by atoms with E-state index >= 15 is 0 Å². The van der Waals surface area contributed by atoms with Gasteiger partial charge in [0.25, 0.3) is 5.91 Å². The number of aromatic nitrogens is 1. The molecule has 2 rings (SSSR count). The molecule has 0 saturated carbocycles. The van der Waals surface area contributed by atoms with Crippen LogP contribution in [0, 0.1) is 13.8 Å². The van der Waals surface area contributed by atoms with Crippen molar-refractivity contribution in [2.75, 3.05) is 17.2 Å². The van der Waals surface area contributed by atoms with Gasteiger partial charge in [0.1, 0.15) is 0 Å². The Morgan fingerprint density at radius 3 is 2.71 bits per heavy atom. The first-order valence-electron chi connectivity index (χ1n) is 7.18. The number of aryl methyl sites for hydroxylation is 2. The van der Waals surface area contributed by atoms with Crippen molar-refractivity contribution in [1.29, 1.82) is 0 Å². The minimum Gasteiger partial charge on any atom is -0.384 e. The zero-order valence-corrected chi connectivity index (χ0v) is 12.7. The summed E-state index contributed by atoms with van der Waals surface area (Å²) in [4.78, 5) is 16.5. The van der Waals surface area contributed by atoms with Crippen LogP contribution >= 0.6 is 0 Å². The van der Waals surface area contributed by atoms with Crippen molar-refractivity contribution in [2.24, 2.45) is 0 Å². The topological polar surface area (TPSA) is 54.0 Å². The lowest BCUT2D eigenvalue weighted by atomic mass is 10.1. The molecule has 0 aliphatic rings. The second-order valence-corrected chi connectivity index (χ2v) is 5.10. The van der Waals surface area contributed by atoms with Crippen LogP contribution in [0.15, 0.2) is 36.7 Å². The van der Waals surface area contributed by atoms with Gasteiger partial charge in [-0.2, -0.15) is 0 Å². The summed E-state index contributed by atoms with van der Waals surface area (Å²) in [6, 6.07) is 7.72. The quantitative estimate of drug-likeness (QED) is 0.878. The summed E-state index contributed by atoms with van der Waals surface area (Å²) >= 11 is 0. The van der Waals surface area contributed by atoms with E-state index in [0.29, 0.717) is 5.56 Å². The molecule has 0 unspecified atom stereocenters. The van der Waals surface area contributed by atoms with Gasteiger partial charge in [0.05, 0.1) is 11.3 Å². The maximum absolute atomic E-state index is 12.4. The first-order chi connectivity index (χ1) is 10.1. The van der Waals surface area contributed by atoms with Crippen LogP contribution in [0.5, 0.6) is 0 Å². The van der Waals surface area contributed by atoms with E-state index in [0.717, 1.165) is 29.9 Å². The summed E-state index contributed by atoms with van der Waals surface area (Å²) in [5.41, 5.74) is 4.54. The highest BCUT2D eigenvalue weighted by Gasteiger charge is 2.11. The van der Waals surface area contributed by atoms with Gasteiger partial charge in [0.15, 0.2) is 0 Å². The third-order valence-electron chi connectivity index (χ3n) is 3.40. The van der Waals surface area contributed by atoms with Crippen molar-refractivity contribution in [1.82, 2.24) is 4.98 Å². The van der Waals surface area contributed by atoms with Crippen molar-refractivity contribution in [3.05, 3.63) is 53.3 Å². The normalized spacial score (nSPS) is 10.2. The summed E-state index contributed by atoms with van der Waals surface area (Å²) in [5, 5.41) is 6.17. The monoisotopic (exact) mass is 283 g/mol. The first kappa shape index (κ1) is 15.0. The lowest BCUT2D eigenvalue weighted by Gasteiger charge is -2.12. The molecule has 0 radical (unpaired) electrons. The Morgan fingerprint density at radius 1 is 1.19 bits per heavy atom. The number of benzene rings is 1. The highest BCUT2D eigenvalue weighted by atomic mass is 16.1. The van der Waals surface area contributed by atoms with Gasteiger partial charge in [-0.05, 0) is 49.6 Å². The molecule has 2 N–H and O–H groups in total. The van der Waals surface area contributed by atoms with Gasteiger partial charge in [-0.25, -0.2) is 0 Å². The third-order valence-corrected chi connectivity index (χ3v) is 3.40. The molecule has 2 aromatic rings. The molecular weight excluding hydrogens is 262 g/mol. The molecule has 0 bridgehead atoms. The summed E-state index contributed by atoms with van der Waals surface area (Å²) in [6.45, 7) is 7.00. The number of rotatable bonds is 5. The molecule has 0 fully saturated rings. The number of carbonyl (C=O) groups excluding carboxylic acids is 1. The van der Waals surface area contributed by atoms with Crippen molar-refractivity contribution < 1.29 is 4.79 Å². The van der Waals surface area contributed by atoms with Gasteiger partial charge in [0, 0.05) is 24.6 Å². The maximum atomic E-state index is 12.4. The van der Waals surface area contributed by atoms with E-state index in [1.165, 1.54) is 5.56 Å². The molecule has 21 heavy (non-hydrogen) atoms. The van der Waals surface area contributed by atoms with E-state index in [1.54, 1.807) is 12.4 Å². The first-order valence-corrected chi connectivity index (χ1v) is 7.18. The van der Waals surface area contributed by atoms with Gasteiger partial charge in [-0.3, -0.25) is 9.78 Å². The minimum atomic E-state index is -0.148. The molecule has 1 aromatic carbocycles. The Bertz CT molecular complexity index is 638. The van der Waals surface area contributed by atoms with Gasteiger partial charge < -0.3 is 10.6 Å². The smallest absolute Gasteiger partial charge is 0.259 e. The Morgan fingerprint density at radius 2 is 2.00 bits per heavy atom. The highest BCUT2D eigenvalue weighted by molar-refractivity contribution is 6.07. The number of pyridine rings is 1. The Hall–Kier alpha value is -2.36. The van der Waals surface area contributed by atoms with Crippen molar-refractivity contribution in [2.45, 2.75) is 27.2 Å². The van der Waals surface area contributed by atoms with E-state index in [2.05, 4.69) is 29.5 Å². The summed E-state index contributed by atoms with van der Waals surface area (Å²) < 4.78 is 0. The zero-order chi connectivity index (χ0) is 15.2. The van der Waals surface area contributed by atoms with Crippen molar-refractivity contribution >= 4 is 17.3 Å². The third kappa shape index (κ3) is 3.81. The van der Waals surface area contributed by atoms with E-state index in [-0.39, 0.29) is 5.91 Å². The molecule has 0 aliphatic heterocycles. The van der Waals surface area contributed by atoms with Crippen LogP contribution in [0.3, 0.4) is 0 Å². The molecule has 0 spiro atoms. The minimum absolute atomic E-state index is 0.148. The number of amides is 1. The molecule has 4 heteroatoms. The number of nitrogens with one attached hydrogen (secondary N) is 2. The number of hydrogen-bond acceptors (Lipinski definition) is 3. The van der Waals surface area contributed by atoms with Crippen LogP contribution in [-0.4, -0.2) is 17.4 Å². The average Bonchev–Trinajstić information content (AvgIpc) is 2.49. The van der Waals surface area contributed by atoms with Crippen LogP contribution in [0.2, 0.25) is 0 Å². The molecular formula is C17H21N3O.